The van der Waals surface area contributed by atoms with Crippen LogP contribution < -0.4 is 5.32 Å². The third-order valence-electron chi connectivity index (χ3n) is 5.20. The molecule has 0 aromatic carbocycles. The molecule has 2 fully saturated rings. The van der Waals surface area contributed by atoms with Gasteiger partial charge < -0.3 is 14.8 Å². The Balaban J connectivity index is 1.74. The molecule has 4 unspecified atom stereocenters. The molecule has 0 amide bonds. The van der Waals surface area contributed by atoms with Crippen molar-refractivity contribution in [2.45, 2.75) is 69.1 Å². The Morgan fingerprint density at radius 1 is 1.25 bits per heavy atom. The molecule has 1 N–H and O–H groups in total. The zero-order chi connectivity index (χ0) is 14.4. The molecular formula is C16H28N2O2. The van der Waals surface area contributed by atoms with Crippen molar-refractivity contribution >= 4 is 0 Å². The van der Waals surface area contributed by atoms with Crippen LogP contribution >= 0.6 is 0 Å². The molecule has 0 spiro atoms. The molecular weight excluding hydrogens is 252 g/mol. The Hall–Kier alpha value is -0.630. The van der Waals surface area contributed by atoms with E-state index in [1.807, 2.05) is 7.05 Å². The van der Waals surface area contributed by atoms with E-state index >= 15 is 0 Å². The average molecular weight is 280 g/mol. The van der Waals surface area contributed by atoms with E-state index in [9.17, 15) is 5.26 Å². The molecule has 2 rings (SSSR count). The molecule has 0 heterocycles. The molecule has 2 saturated carbocycles. The van der Waals surface area contributed by atoms with Crippen LogP contribution in [0.4, 0.5) is 0 Å². The van der Waals surface area contributed by atoms with Crippen molar-refractivity contribution in [1.29, 1.82) is 5.26 Å². The second kappa shape index (κ2) is 7.40. The van der Waals surface area contributed by atoms with E-state index in [0.717, 1.165) is 51.6 Å². The molecule has 0 aromatic heterocycles. The van der Waals surface area contributed by atoms with Crippen LogP contribution in [0, 0.1) is 17.2 Å². The molecule has 2 aliphatic carbocycles. The second-order valence-corrected chi connectivity index (χ2v) is 6.23. The summed E-state index contributed by atoms with van der Waals surface area (Å²) in [5.41, 5.74) is -0.314. The van der Waals surface area contributed by atoms with Crippen molar-refractivity contribution in [1.82, 2.24) is 5.32 Å². The van der Waals surface area contributed by atoms with Crippen LogP contribution in [0.2, 0.25) is 0 Å². The Morgan fingerprint density at radius 2 is 2.05 bits per heavy atom. The lowest BCUT2D eigenvalue weighted by Crippen LogP contribution is -2.45. The van der Waals surface area contributed by atoms with E-state index in [4.69, 9.17) is 9.47 Å². The number of hydrogen-bond acceptors (Lipinski definition) is 4. The van der Waals surface area contributed by atoms with Crippen LogP contribution in [-0.4, -0.2) is 38.5 Å². The monoisotopic (exact) mass is 280 g/mol. The van der Waals surface area contributed by atoms with Crippen LogP contribution in [0.25, 0.3) is 0 Å². The molecule has 0 radical (unpaired) electrons. The van der Waals surface area contributed by atoms with Crippen LogP contribution in [-0.2, 0) is 9.47 Å². The molecule has 0 saturated heterocycles. The normalized spacial score (nSPS) is 37.8. The summed E-state index contributed by atoms with van der Waals surface area (Å²) in [6, 6.07) is 2.50. The van der Waals surface area contributed by atoms with Crippen LogP contribution in [0.15, 0.2) is 0 Å². The maximum atomic E-state index is 9.43. The van der Waals surface area contributed by atoms with Crippen molar-refractivity contribution < 1.29 is 9.47 Å². The van der Waals surface area contributed by atoms with Gasteiger partial charge in [-0.1, -0.05) is 6.42 Å². The molecule has 2 aliphatic rings. The molecule has 0 aromatic rings. The van der Waals surface area contributed by atoms with Gasteiger partial charge >= 0.3 is 0 Å². The van der Waals surface area contributed by atoms with Crippen LogP contribution in [0.3, 0.4) is 0 Å². The van der Waals surface area contributed by atoms with Crippen molar-refractivity contribution in [3.63, 3.8) is 0 Å². The minimum absolute atomic E-state index is 0.314. The lowest BCUT2D eigenvalue weighted by molar-refractivity contribution is -0.0337. The lowest BCUT2D eigenvalue weighted by atomic mass is 9.86. The summed E-state index contributed by atoms with van der Waals surface area (Å²) in [4.78, 5) is 0. The largest absolute Gasteiger partial charge is 0.381 e. The van der Waals surface area contributed by atoms with Gasteiger partial charge in [0.2, 0.25) is 0 Å². The second-order valence-electron chi connectivity index (χ2n) is 6.23. The molecule has 114 valence electrons. The first-order valence-electron chi connectivity index (χ1n) is 7.98. The van der Waals surface area contributed by atoms with Crippen molar-refractivity contribution in [2.24, 2.45) is 5.92 Å². The fraction of sp³-hybridized carbons (Fsp3) is 0.938. The third kappa shape index (κ3) is 3.52. The predicted octanol–water partition coefficient (Wildman–Crippen LogP) is 2.63. The average Bonchev–Trinajstić information content (AvgIpc) is 2.91. The molecule has 0 bridgehead atoms. The lowest BCUT2D eigenvalue weighted by Gasteiger charge is -2.31. The summed E-state index contributed by atoms with van der Waals surface area (Å²) in [6.45, 7) is 0.775. The van der Waals surface area contributed by atoms with E-state index in [0.29, 0.717) is 18.1 Å². The summed E-state index contributed by atoms with van der Waals surface area (Å²) in [5, 5.41) is 12.7. The molecule has 4 atom stereocenters. The maximum Gasteiger partial charge on any atom is 0.109 e. The Labute approximate surface area is 122 Å². The first kappa shape index (κ1) is 15.8. The highest BCUT2D eigenvalue weighted by molar-refractivity contribution is 5.13. The Bertz CT molecular complexity index is 342. The van der Waals surface area contributed by atoms with Crippen molar-refractivity contribution in [2.75, 3.05) is 20.8 Å². The molecule has 20 heavy (non-hydrogen) atoms. The standard InChI is InChI=1S/C16H28N2O2/c1-18-16(12-17)9-4-5-13(16)8-10-20-15-7-3-6-14(11-15)19-2/h13-15,18H,3-11H2,1-2H3. The van der Waals surface area contributed by atoms with E-state index in [1.54, 1.807) is 7.11 Å². The first-order valence-corrected chi connectivity index (χ1v) is 7.98. The minimum atomic E-state index is -0.314. The smallest absolute Gasteiger partial charge is 0.109 e. The van der Waals surface area contributed by atoms with Crippen LogP contribution in [0.5, 0.6) is 0 Å². The Kier molecular flexibility index (Phi) is 5.83. The molecule has 4 nitrogen and oxygen atoms in total. The van der Waals surface area contributed by atoms with Gasteiger partial charge in [-0.3, -0.25) is 0 Å². The van der Waals surface area contributed by atoms with Gasteiger partial charge in [-0.2, -0.15) is 5.26 Å². The number of methoxy groups -OCH3 is 1. The van der Waals surface area contributed by atoms with Gasteiger partial charge in [-0.25, -0.2) is 0 Å². The fourth-order valence-electron chi connectivity index (χ4n) is 3.85. The number of hydrogen-bond donors (Lipinski definition) is 1. The Morgan fingerprint density at radius 3 is 2.75 bits per heavy atom. The van der Waals surface area contributed by atoms with E-state index in [2.05, 4.69) is 11.4 Å². The zero-order valence-electron chi connectivity index (χ0n) is 12.9. The van der Waals surface area contributed by atoms with Gasteiger partial charge in [0.15, 0.2) is 0 Å². The van der Waals surface area contributed by atoms with Gasteiger partial charge in [0.1, 0.15) is 5.54 Å². The number of nitrogens with zero attached hydrogens (tertiary/aromatic N) is 1. The molecule has 0 aliphatic heterocycles. The molecule has 4 heteroatoms. The first-order chi connectivity index (χ1) is 9.74. The van der Waals surface area contributed by atoms with E-state index < -0.39 is 0 Å². The highest BCUT2D eigenvalue weighted by Crippen LogP contribution is 2.37. The van der Waals surface area contributed by atoms with Gasteiger partial charge in [0, 0.05) is 13.7 Å². The van der Waals surface area contributed by atoms with Crippen molar-refractivity contribution in [3.05, 3.63) is 0 Å². The summed E-state index contributed by atoms with van der Waals surface area (Å²) >= 11 is 0. The van der Waals surface area contributed by atoms with Crippen LogP contribution in [0.1, 0.15) is 51.4 Å². The number of rotatable bonds is 6. The van der Waals surface area contributed by atoms with E-state index in [1.165, 1.54) is 6.42 Å². The highest BCUT2D eigenvalue weighted by Gasteiger charge is 2.41. The maximum absolute atomic E-state index is 9.43. The highest BCUT2D eigenvalue weighted by atomic mass is 16.5. The topological polar surface area (TPSA) is 54.3 Å². The fourth-order valence-corrected chi connectivity index (χ4v) is 3.85. The van der Waals surface area contributed by atoms with E-state index in [-0.39, 0.29) is 5.54 Å². The number of nitriles is 1. The quantitative estimate of drug-likeness (QED) is 0.812. The SMILES string of the molecule is CNC1(C#N)CCCC1CCOC1CCCC(OC)C1. The summed E-state index contributed by atoms with van der Waals surface area (Å²) in [6.07, 6.45) is 9.51. The zero-order valence-corrected chi connectivity index (χ0v) is 12.9. The third-order valence-corrected chi connectivity index (χ3v) is 5.20. The minimum Gasteiger partial charge on any atom is -0.381 e. The van der Waals surface area contributed by atoms with Gasteiger partial charge in [0.25, 0.3) is 0 Å². The van der Waals surface area contributed by atoms with Crippen molar-refractivity contribution in [3.8, 4) is 6.07 Å². The summed E-state index contributed by atoms with van der Waals surface area (Å²) in [7, 11) is 3.70. The van der Waals surface area contributed by atoms with Gasteiger partial charge in [-0.05, 0) is 57.9 Å². The number of ether oxygens (including phenoxy) is 2. The number of nitrogens with one attached hydrogen (secondary N) is 1. The summed E-state index contributed by atoms with van der Waals surface area (Å²) in [5.74, 6) is 0.430. The predicted molar refractivity (Wildman–Crippen MR) is 78.4 cm³/mol. The summed E-state index contributed by atoms with van der Waals surface area (Å²) < 4.78 is 11.5. The van der Waals surface area contributed by atoms with Gasteiger partial charge in [-0.15, -0.1) is 0 Å². The van der Waals surface area contributed by atoms with Gasteiger partial charge in [0.05, 0.1) is 18.3 Å².